The van der Waals surface area contributed by atoms with Gasteiger partial charge in [0.2, 0.25) is 5.91 Å². The van der Waals surface area contributed by atoms with E-state index in [9.17, 15) is 4.79 Å². The van der Waals surface area contributed by atoms with Gasteiger partial charge in [0, 0.05) is 16.9 Å². The minimum absolute atomic E-state index is 0. The van der Waals surface area contributed by atoms with Gasteiger partial charge in [-0.2, -0.15) is 0 Å². The van der Waals surface area contributed by atoms with E-state index < -0.39 is 0 Å². The Morgan fingerprint density at radius 1 is 1.40 bits per heavy atom. The van der Waals surface area contributed by atoms with Gasteiger partial charge < -0.3 is 15.4 Å². The number of benzene rings is 1. The van der Waals surface area contributed by atoms with Gasteiger partial charge in [-0.15, -0.1) is 23.7 Å². The molecular formula is C18H24ClN3O2S. The van der Waals surface area contributed by atoms with Crippen molar-refractivity contribution < 1.29 is 9.53 Å². The lowest BCUT2D eigenvalue weighted by molar-refractivity contribution is -0.116. The Hall–Kier alpha value is -1.63. The standard InChI is InChI=1S/C18H23N3O2S.ClH/c1-12-17(14-4-6-15(23-2)7-5-14)21-18(24-12)20-16(22)8-3-13-9-10-19-11-13;/h4-7,13,19H,3,8-11H2,1-2H3,(H,20,21,22);1H. The van der Waals surface area contributed by atoms with Crippen LogP contribution in [0, 0.1) is 12.8 Å². The summed E-state index contributed by atoms with van der Waals surface area (Å²) in [5.74, 6) is 1.50. The molecule has 2 N–H and O–H groups in total. The number of aryl methyl sites for hydroxylation is 1. The van der Waals surface area contributed by atoms with Gasteiger partial charge in [-0.1, -0.05) is 0 Å². The summed E-state index contributed by atoms with van der Waals surface area (Å²) >= 11 is 1.52. The number of hydrogen-bond acceptors (Lipinski definition) is 5. The fraction of sp³-hybridized carbons (Fsp3) is 0.444. The molecule has 1 fully saturated rings. The molecule has 1 aromatic heterocycles. The smallest absolute Gasteiger partial charge is 0.226 e. The van der Waals surface area contributed by atoms with Crippen molar-refractivity contribution in [1.82, 2.24) is 10.3 Å². The number of halogens is 1. The molecule has 0 saturated carbocycles. The predicted molar refractivity (Wildman–Crippen MR) is 105 cm³/mol. The number of amides is 1. The van der Waals surface area contributed by atoms with E-state index in [1.807, 2.05) is 31.2 Å². The number of nitrogens with one attached hydrogen (secondary N) is 2. The zero-order valence-corrected chi connectivity index (χ0v) is 16.1. The summed E-state index contributed by atoms with van der Waals surface area (Å²) in [5.41, 5.74) is 1.94. The van der Waals surface area contributed by atoms with Crippen molar-refractivity contribution in [2.24, 2.45) is 5.92 Å². The predicted octanol–water partition coefficient (Wildman–Crippen LogP) is 3.88. The van der Waals surface area contributed by atoms with E-state index >= 15 is 0 Å². The van der Waals surface area contributed by atoms with Crippen LogP contribution >= 0.6 is 23.7 Å². The van der Waals surface area contributed by atoms with E-state index in [0.29, 0.717) is 17.5 Å². The number of anilines is 1. The lowest BCUT2D eigenvalue weighted by Crippen LogP contribution is -2.14. The molecule has 1 unspecified atom stereocenters. The number of nitrogens with zero attached hydrogens (tertiary/aromatic N) is 1. The summed E-state index contributed by atoms with van der Waals surface area (Å²) in [6.07, 6.45) is 2.67. The van der Waals surface area contributed by atoms with Crippen molar-refractivity contribution in [2.75, 3.05) is 25.5 Å². The number of aromatic nitrogens is 1. The number of rotatable bonds is 6. The van der Waals surface area contributed by atoms with Crippen LogP contribution in [0.1, 0.15) is 24.1 Å². The highest BCUT2D eigenvalue weighted by molar-refractivity contribution is 7.16. The fourth-order valence-corrected chi connectivity index (χ4v) is 3.80. The van der Waals surface area contributed by atoms with E-state index in [2.05, 4.69) is 15.6 Å². The third-order valence-corrected chi connectivity index (χ3v) is 5.23. The summed E-state index contributed by atoms with van der Waals surface area (Å²) < 4.78 is 5.18. The molecule has 1 amide bonds. The molecule has 0 radical (unpaired) electrons. The summed E-state index contributed by atoms with van der Waals surface area (Å²) in [5, 5.41) is 6.95. The number of carbonyl (C=O) groups excluding carboxylic acids is 1. The van der Waals surface area contributed by atoms with Crippen LogP contribution in [0.4, 0.5) is 5.13 Å². The normalized spacial score (nSPS) is 16.3. The molecule has 1 aliphatic rings. The van der Waals surface area contributed by atoms with Crippen LogP contribution < -0.4 is 15.4 Å². The summed E-state index contributed by atoms with van der Waals surface area (Å²) in [4.78, 5) is 17.8. The molecule has 25 heavy (non-hydrogen) atoms. The summed E-state index contributed by atoms with van der Waals surface area (Å²) in [7, 11) is 1.65. The third-order valence-electron chi connectivity index (χ3n) is 4.35. The molecule has 0 aliphatic carbocycles. The minimum Gasteiger partial charge on any atom is -0.497 e. The Bertz CT molecular complexity index is 697. The van der Waals surface area contributed by atoms with Crippen molar-refractivity contribution in [2.45, 2.75) is 26.2 Å². The molecule has 3 rings (SSSR count). The number of hydrogen-bond donors (Lipinski definition) is 2. The SMILES string of the molecule is COc1ccc(-c2nc(NC(=O)CCC3CCNC3)sc2C)cc1.Cl. The molecule has 136 valence electrons. The second kappa shape index (κ2) is 9.17. The van der Waals surface area contributed by atoms with Crippen LogP contribution in [0.3, 0.4) is 0 Å². The molecule has 0 bridgehead atoms. The minimum atomic E-state index is 0. The first kappa shape index (κ1) is 19.7. The van der Waals surface area contributed by atoms with Crippen molar-refractivity contribution in [3.8, 4) is 17.0 Å². The highest BCUT2D eigenvalue weighted by atomic mass is 35.5. The van der Waals surface area contributed by atoms with Gasteiger partial charge in [0.1, 0.15) is 5.75 Å². The van der Waals surface area contributed by atoms with Crippen LogP contribution in [0.15, 0.2) is 24.3 Å². The van der Waals surface area contributed by atoms with Gasteiger partial charge in [-0.3, -0.25) is 4.79 Å². The highest BCUT2D eigenvalue weighted by Gasteiger charge is 2.17. The molecule has 0 spiro atoms. The van der Waals surface area contributed by atoms with Gasteiger partial charge in [0.15, 0.2) is 5.13 Å². The van der Waals surface area contributed by atoms with Gasteiger partial charge in [-0.25, -0.2) is 4.98 Å². The molecule has 1 aromatic carbocycles. The maximum Gasteiger partial charge on any atom is 0.226 e. The first-order valence-electron chi connectivity index (χ1n) is 8.28. The topological polar surface area (TPSA) is 63.2 Å². The van der Waals surface area contributed by atoms with E-state index in [0.717, 1.165) is 41.4 Å². The van der Waals surface area contributed by atoms with E-state index in [-0.39, 0.29) is 18.3 Å². The van der Waals surface area contributed by atoms with Crippen molar-refractivity contribution in [3.05, 3.63) is 29.1 Å². The highest BCUT2D eigenvalue weighted by Crippen LogP contribution is 2.31. The zero-order chi connectivity index (χ0) is 16.9. The Morgan fingerprint density at radius 3 is 2.80 bits per heavy atom. The second-order valence-corrected chi connectivity index (χ2v) is 7.30. The summed E-state index contributed by atoms with van der Waals surface area (Å²) in [6.45, 7) is 4.13. The summed E-state index contributed by atoms with van der Waals surface area (Å²) in [6, 6.07) is 7.81. The van der Waals surface area contributed by atoms with Crippen LogP contribution in [0.2, 0.25) is 0 Å². The van der Waals surface area contributed by atoms with Crippen molar-refractivity contribution in [3.63, 3.8) is 0 Å². The first-order valence-corrected chi connectivity index (χ1v) is 9.10. The molecule has 1 aliphatic heterocycles. The van der Waals surface area contributed by atoms with E-state index in [4.69, 9.17) is 4.74 Å². The van der Waals surface area contributed by atoms with E-state index in [1.54, 1.807) is 7.11 Å². The fourth-order valence-electron chi connectivity index (χ4n) is 2.94. The lowest BCUT2D eigenvalue weighted by Gasteiger charge is -2.07. The van der Waals surface area contributed by atoms with Crippen LogP contribution in [-0.4, -0.2) is 31.1 Å². The Morgan fingerprint density at radius 2 is 2.16 bits per heavy atom. The monoisotopic (exact) mass is 381 g/mol. The number of thiazole rings is 1. The Balaban J connectivity index is 0.00000225. The van der Waals surface area contributed by atoms with Crippen LogP contribution in [0.5, 0.6) is 5.75 Å². The molecule has 2 heterocycles. The lowest BCUT2D eigenvalue weighted by atomic mass is 10.0. The quantitative estimate of drug-likeness (QED) is 0.797. The van der Waals surface area contributed by atoms with Crippen molar-refractivity contribution in [1.29, 1.82) is 0 Å². The molecule has 2 aromatic rings. The largest absolute Gasteiger partial charge is 0.497 e. The average molecular weight is 382 g/mol. The third kappa shape index (κ3) is 5.17. The maximum atomic E-state index is 12.1. The van der Waals surface area contributed by atoms with Crippen LogP contribution in [-0.2, 0) is 4.79 Å². The van der Waals surface area contributed by atoms with Gasteiger partial charge in [0.05, 0.1) is 12.8 Å². The Labute approximate surface area is 158 Å². The van der Waals surface area contributed by atoms with Crippen molar-refractivity contribution >= 4 is 34.8 Å². The molecular weight excluding hydrogens is 358 g/mol. The van der Waals surface area contributed by atoms with Crippen LogP contribution in [0.25, 0.3) is 11.3 Å². The first-order chi connectivity index (χ1) is 11.7. The van der Waals surface area contributed by atoms with Gasteiger partial charge >= 0.3 is 0 Å². The Kier molecular flexibility index (Phi) is 7.23. The molecule has 5 nitrogen and oxygen atoms in total. The van der Waals surface area contributed by atoms with E-state index in [1.165, 1.54) is 17.8 Å². The average Bonchev–Trinajstić information content (AvgIpc) is 3.23. The van der Waals surface area contributed by atoms with Gasteiger partial charge in [0.25, 0.3) is 0 Å². The van der Waals surface area contributed by atoms with Gasteiger partial charge in [-0.05, 0) is 63.0 Å². The number of ether oxygens (including phenoxy) is 1. The number of methoxy groups -OCH3 is 1. The molecule has 1 atom stereocenters. The molecule has 7 heteroatoms. The molecule has 1 saturated heterocycles. The zero-order valence-electron chi connectivity index (χ0n) is 14.5. The maximum absolute atomic E-state index is 12.1. The number of carbonyl (C=O) groups is 1. The second-order valence-electron chi connectivity index (χ2n) is 6.10.